The van der Waals surface area contributed by atoms with Crippen molar-refractivity contribution in [3.8, 4) is 0 Å². The summed E-state index contributed by atoms with van der Waals surface area (Å²) in [7, 11) is 0. The Morgan fingerprint density at radius 2 is 1.71 bits per heavy atom. The van der Waals surface area contributed by atoms with Gasteiger partial charge in [-0.1, -0.05) is 75.9 Å². The van der Waals surface area contributed by atoms with Crippen LogP contribution in [0.5, 0.6) is 0 Å². The van der Waals surface area contributed by atoms with Crippen LogP contribution < -0.4 is 10.6 Å². The smallest absolute Gasteiger partial charge is 0.251 e. The van der Waals surface area contributed by atoms with Gasteiger partial charge in [0.15, 0.2) is 11.0 Å². The average molecular weight is 492 g/mol. The van der Waals surface area contributed by atoms with E-state index in [9.17, 15) is 9.59 Å². The molecule has 35 heavy (non-hydrogen) atoms. The molecule has 0 saturated carbocycles. The first-order valence-electron chi connectivity index (χ1n) is 11.7. The lowest BCUT2D eigenvalue weighted by Gasteiger charge is -2.22. The number of carbonyl (C=O) groups excluding carboxylic acids is 2. The number of aromatic nitrogens is 3. The van der Waals surface area contributed by atoms with Gasteiger partial charge >= 0.3 is 0 Å². The first kappa shape index (κ1) is 26.2. The molecule has 0 aliphatic rings. The van der Waals surface area contributed by atoms with Gasteiger partial charge in [0.1, 0.15) is 0 Å². The summed E-state index contributed by atoms with van der Waals surface area (Å²) in [6.07, 6.45) is 1.75. The van der Waals surface area contributed by atoms with Crippen molar-refractivity contribution in [1.82, 2.24) is 20.1 Å². The first-order chi connectivity index (χ1) is 16.8. The number of thioether (sulfide) groups is 1. The van der Waals surface area contributed by atoms with Crippen LogP contribution in [0.4, 0.5) is 5.69 Å². The summed E-state index contributed by atoms with van der Waals surface area (Å²) < 4.78 is 1.90. The van der Waals surface area contributed by atoms with Gasteiger partial charge in [-0.3, -0.25) is 9.59 Å². The minimum Gasteiger partial charge on any atom is -0.342 e. The summed E-state index contributed by atoms with van der Waals surface area (Å²) in [5.74, 6) is 1.04. The number of benzene rings is 2. The molecule has 3 aromatic rings. The Morgan fingerprint density at radius 1 is 1.03 bits per heavy atom. The number of amides is 2. The summed E-state index contributed by atoms with van der Waals surface area (Å²) in [6.45, 7) is 12.6. The van der Waals surface area contributed by atoms with Crippen molar-refractivity contribution in [1.29, 1.82) is 0 Å². The van der Waals surface area contributed by atoms with E-state index in [1.807, 2.05) is 60.9 Å². The molecule has 0 aliphatic heterocycles. The van der Waals surface area contributed by atoms with Crippen LogP contribution in [0.1, 0.15) is 61.4 Å². The molecule has 0 unspecified atom stereocenters. The highest BCUT2D eigenvalue weighted by atomic mass is 32.2. The van der Waals surface area contributed by atoms with E-state index in [0.29, 0.717) is 29.0 Å². The van der Waals surface area contributed by atoms with Crippen LogP contribution in [-0.4, -0.2) is 32.3 Å². The van der Waals surface area contributed by atoms with Gasteiger partial charge < -0.3 is 15.2 Å². The van der Waals surface area contributed by atoms with Gasteiger partial charge in [0.25, 0.3) is 5.91 Å². The van der Waals surface area contributed by atoms with E-state index >= 15 is 0 Å². The Hall–Kier alpha value is -3.39. The number of nitrogens with zero attached hydrogens (tertiary/aromatic N) is 3. The third-order valence-corrected chi connectivity index (χ3v) is 6.48. The van der Waals surface area contributed by atoms with Crippen LogP contribution in [0.15, 0.2) is 72.4 Å². The lowest BCUT2D eigenvalue weighted by Crippen LogP contribution is -2.33. The van der Waals surface area contributed by atoms with Crippen molar-refractivity contribution in [2.75, 3.05) is 11.1 Å². The van der Waals surface area contributed by atoms with Crippen LogP contribution in [0, 0.1) is 5.92 Å². The van der Waals surface area contributed by atoms with E-state index < -0.39 is 0 Å². The number of rotatable bonds is 11. The zero-order valence-corrected chi connectivity index (χ0v) is 21.5. The van der Waals surface area contributed by atoms with Gasteiger partial charge in [-0.15, -0.1) is 16.8 Å². The molecule has 0 bridgehead atoms. The molecule has 0 radical (unpaired) electrons. The molecule has 8 heteroatoms. The molecule has 0 fully saturated rings. The molecule has 2 amide bonds. The predicted molar refractivity (Wildman–Crippen MR) is 142 cm³/mol. The Labute approximate surface area is 211 Å². The van der Waals surface area contributed by atoms with Crippen LogP contribution in [0.25, 0.3) is 0 Å². The zero-order chi connectivity index (χ0) is 25.4. The monoisotopic (exact) mass is 491 g/mol. The van der Waals surface area contributed by atoms with E-state index in [1.165, 1.54) is 17.3 Å². The molecular formula is C27H33N5O2S. The maximum absolute atomic E-state index is 12.8. The summed E-state index contributed by atoms with van der Waals surface area (Å²) in [5, 5.41) is 15.3. The summed E-state index contributed by atoms with van der Waals surface area (Å²) in [4.78, 5) is 25.4. The van der Waals surface area contributed by atoms with Crippen LogP contribution in [0.2, 0.25) is 0 Å². The summed E-state index contributed by atoms with van der Waals surface area (Å²) in [5.41, 5.74) is 2.57. The third-order valence-electron chi connectivity index (χ3n) is 5.52. The highest BCUT2D eigenvalue weighted by Crippen LogP contribution is 2.26. The van der Waals surface area contributed by atoms with E-state index in [2.05, 4.69) is 41.3 Å². The van der Waals surface area contributed by atoms with E-state index in [-0.39, 0.29) is 29.5 Å². The highest BCUT2D eigenvalue weighted by Gasteiger charge is 2.26. The van der Waals surface area contributed by atoms with Gasteiger partial charge in [0.05, 0.1) is 11.8 Å². The van der Waals surface area contributed by atoms with Crippen molar-refractivity contribution in [3.63, 3.8) is 0 Å². The molecule has 2 N–H and O–H groups in total. The molecule has 1 atom stereocenters. The van der Waals surface area contributed by atoms with Crippen LogP contribution in [0.3, 0.4) is 0 Å². The molecule has 2 aromatic carbocycles. The zero-order valence-electron chi connectivity index (χ0n) is 20.7. The predicted octanol–water partition coefficient (Wildman–Crippen LogP) is 5.45. The second kappa shape index (κ2) is 12.4. The molecule has 0 spiro atoms. The second-order valence-electron chi connectivity index (χ2n) is 8.91. The SMILES string of the molecule is C=CCn1c(SCC(=O)Nc2ccc(C(C)C)cc2)nnc1[C@H](NC(=O)c1ccccc1)C(C)C. The molecule has 184 valence electrons. The van der Waals surface area contributed by atoms with Gasteiger partial charge in [-0.2, -0.15) is 0 Å². The first-order valence-corrected chi connectivity index (χ1v) is 12.7. The number of carbonyl (C=O) groups is 2. The Kier molecular flexibility index (Phi) is 9.25. The quantitative estimate of drug-likeness (QED) is 0.275. The van der Waals surface area contributed by atoms with Gasteiger partial charge in [0.2, 0.25) is 5.91 Å². The topological polar surface area (TPSA) is 88.9 Å². The normalized spacial score (nSPS) is 11.9. The fraction of sp³-hybridized carbons (Fsp3) is 0.333. The number of anilines is 1. The second-order valence-corrected chi connectivity index (χ2v) is 9.86. The number of nitrogens with one attached hydrogen (secondary N) is 2. The highest BCUT2D eigenvalue weighted by molar-refractivity contribution is 7.99. The standard InChI is InChI=1S/C27H33N5O2S/c1-6-16-32-25(24(19(4)5)29-26(34)21-10-8-7-9-11-21)30-31-27(32)35-17-23(33)28-22-14-12-20(13-15-22)18(2)3/h6-15,18-19,24H,1,16-17H2,2-5H3,(H,28,33)(H,29,34)/t24-/m1/s1. The van der Waals surface area contributed by atoms with E-state index in [4.69, 9.17) is 0 Å². The molecular weight excluding hydrogens is 458 g/mol. The molecule has 7 nitrogen and oxygen atoms in total. The van der Waals surface area contributed by atoms with Crippen molar-refractivity contribution < 1.29 is 9.59 Å². The van der Waals surface area contributed by atoms with Crippen LogP contribution in [-0.2, 0) is 11.3 Å². The number of hydrogen-bond acceptors (Lipinski definition) is 5. The Bertz CT molecular complexity index is 1140. The van der Waals surface area contributed by atoms with Crippen molar-refractivity contribution >= 4 is 29.3 Å². The molecule has 1 aromatic heterocycles. The van der Waals surface area contributed by atoms with Crippen molar-refractivity contribution in [2.45, 2.75) is 51.4 Å². The van der Waals surface area contributed by atoms with Crippen molar-refractivity contribution in [2.24, 2.45) is 5.92 Å². The van der Waals surface area contributed by atoms with Gasteiger partial charge in [0, 0.05) is 17.8 Å². The van der Waals surface area contributed by atoms with Gasteiger partial charge in [-0.05, 0) is 41.7 Å². The molecule has 3 rings (SSSR count). The molecule has 0 saturated heterocycles. The summed E-state index contributed by atoms with van der Waals surface area (Å²) in [6, 6.07) is 16.6. The van der Waals surface area contributed by atoms with Gasteiger partial charge in [-0.25, -0.2) is 0 Å². The minimum absolute atomic E-state index is 0.0744. The third kappa shape index (κ3) is 7.05. The Balaban J connectivity index is 1.71. The van der Waals surface area contributed by atoms with Crippen LogP contribution >= 0.6 is 11.8 Å². The number of hydrogen-bond donors (Lipinski definition) is 2. The minimum atomic E-state index is -0.349. The Morgan fingerprint density at radius 3 is 2.31 bits per heavy atom. The molecule has 0 aliphatic carbocycles. The van der Waals surface area contributed by atoms with Crippen molar-refractivity contribution in [3.05, 3.63) is 84.2 Å². The fourth-order valence-electron chi connectivity index (χ4n) is 3.56. The largest absolute Gasteiger partial charge is 0.342 e. The lowest BCUT2D eigenvalue weighted by atomic mass is 10.0. The van der Waals surface area contributed by atoms with E-state index in [1.54, 1.807) is 18.2 Å². The number of allylic oxidation sites excluding steroid dienone is 1. The maximum Gasteiger partial charge on any atom is 0.251 e. The fourth-order valence-corrected chi connectivity index (χ4v) is 4.31. The lowest BCUT2D eigenvalue weighted by molar-refractivity contribution is -0.113. The summed E-state index contributed by atoms with van der Waals surface area (Å²) >= 11 is 1.30. The average Bonchev–Trinajstić information content (AvgIpc) is 3.24. The molecule has 1 heterocycles. The van der Waals surface area contributed by atoms with E-state index in [0.717, 1.165) is 5.69 Å². The maximum atomic E-state index is 12.8.